The minimum Gasteiger partial charge on any atom is -0.733 e. The van der Waals surface area contributed by atoms with Crippen LogP contribution < -0.4 is 10.1 Å². The van der Waals surface area contributed by atoms with Crippen LogP contribution in [0.25, 0.3) is 5.57 Å². The Kier molecular flexibility index (Phi) is 5.18. The number of anilines is 2. The monoisotopic (exact) mass is 477 g/mol. The minimum absolute atomic E-state index is 0.0303. The van der Waals surface area contributed by atoms with Gasteiger partial charge in [0, 0.05) is 0 Å². The first-order valence-corrected chi connectivity index (χ1v) is 12.1. The molecule has 3 aromatic rings. The van der Waals surface area contributed by atoms with E-state index in [1.54, 1.807) is 12.1 Å². The lowest BCUT2D eigenvalue weighted by Crippen LogP contribution is -2.41. The van der Waals surface area contributed by atoms with E-state index in [9.17, 15) is 20.0 Å². The highest BCUT2D eigenvalue weighted by Crippen LogP contribution is 2.67. The Morgan fingerprint density at radius 3 is 1.81 bits per heavy atom. The van der Waals surface area contributed by atoms with E-state index in [4.69, 9.17) is 0 Å². The first-order valence-electron chi connectivity index (χ1n) is 12.1. The maximum absolute atomic E-state index is 14.2. The van der Waals surface area contributed by atoms with Gasteiger partial charge >= 0.3 is 0 Å². The van der Waals surface area contributed by atoms with Crippen molar-refractivity contribution in [2.75, 3.05) is 10.1 Å². The summed E-state index contributed by atoms with van der Waals surface area (Å²) in [6, 6.07) is 26.3. The van der Waals surface area contributed by atoms with Crippen LogP contribution in [-0.4, -0.2) is 17.0 Å². The van der Waals surface area contributed by atoms with Gasteiger partial charge in [0.2, 0.25) is 11.8 Å². The summed E-state index contributed by atoms with van der Waals surface area (Å²) in [6.45, 7) is 0. The minimum atomic E-state index is -0.880. The molecule has 1 saturated heterocycles. The molecule has 2 atom stereocenters. The lowest BCUT2D eigenvalue weighted by molar-refractivity contribution is -0.132. The van der Waals surface area contributed by atoms with Gasteiger partial charge in [0.1, 0.15) is 0 Å². The number of nitrogens with zero attached hydrogens (tertiary/aromatic N) is 2. The average molecular weight is 478 g/mol. The van der Waals surface area contributed by atoms with Crippen LogP contribution in [0.15, 0.2) is 103 Å². The van der Waals surface area contributed by atoms with Gasteiger partial charge < -0.3 is 10.4 Å². The van der Waals surface area contributed by atoms with Gasteiger partial charge in [-0.2, -0.15) is 0 Å². The molecular weight excluding hydrogens is 452 g/mol. The molecule has 6 nitrogen and oxygen atoms in total. The first kappa shape index (κ1) is 22.5. The SMILES string of the molecule is O=C1N(c2cccc(N([O-])O)c2)C(=O)C23CC=CCC12CC(=C(c1ccccc1)c1ccccc1)C3. The summed E-state index contributed by atoms with van der Waals surface area (Å²) in [5.74, 6) is -0.472. The third kappa shape index (κ3) is 3.11. The molecule has 1 heterocycles. The molecule has 180 valence electrons. The Balaban J connectivity index is 1.51. The van der Waals surface area contributed by atoms with Crippen molar-refractivity contribution in [3.05, 3.63) is 119 Å². The fourth-order valence-electron chi connectivity index (χ4n) is 6.44. The summed E-state index contributed by atoms with van der Waals surface area (Å²) in [4.78, 5) is 29.6. The molecule has 3 aromatic carbocycles. The van der Waals surface area contributed by atoms with E-state index in [0.29, 0.717) is 31.4 Å². The second-order valence-corrected chi connectivity index (χ2v) is 9.85. The summed E-state index contributed by atoms with van der Waals surface area (Å²) in [5, 5.41) is 20.6. The van der Waals surface area contributed by atoms with E-state index in [2.05, 4.69) is 24.3 Å². The maximum atomic E-state index is 14.2. The van der Waals surface area contributed by atoms with Crippen molar-refractivity contribution < 1.29 is 14.8 Å². The maximum Gasteiger partial charge on any atom is 0.241 e. The van der Waals surface area contributed by atoms with Crippen LogP contribution in [0, 0.1) is 16.0 Å². The molecule has 0 bridgehead atoms. The molecule has 6 rings (SSSR count). The Morgan fingerprint density at radius 2 is 1.31 bits per heavy atom. The molecule has 6 heteroatoms. The summed E-state index contributed by atoms with van der Waals surface area (Å²) < 4.78 is 0. The zero-order valence-corrected chi connectivity index (χ0v) is 19.6. The first-order chi connectivity index (χ1) is 17.5. The highest BCUT2D eigenvalue weighted by Gasteiger charge is 2.72. The van der Waals surface area contributed by atoms with Crippen molar-refractivity contribution in [2.45, 2.75) is 25.7 Å². The molecule has 2 fully saturated rings. The lowest BCUT2D eigenvalue weighted by atomic mass is 9.61. The Hall–Kier alpha value is -4.00. The van der Waals surface area contributed by atoms with E-state index >= 15 is 0 Å². The second-order valence-electron chi connectivity index (χ2n) is 9.85. The number of hydrogen-bond donors (Lipinski definition) is 1. The van der Waals surface area contributed by atoms with E-state index in [1.165, 1.54) is 17.0 Å². The molecule has 0 aromatic heterocycles. The fraction of sp³-hybridized carbons (Fsp3) is 0.200. The number of rotatable bonds is 4. The third-order valence-corrected chi connectivity index (χ3v) is 8.06. The van der Waals surface area contributed by atoms with Gasteiger partial charge in [0.25, 0.3) is 0 Å². The van der Waals surface area contributed by atoms with Crippen LogP contribution in [0.3, 0.4) is 0 Å². The smallest absolute Gasteiger partial charge is 0.241 e. The van der Waals surface area contributed by atoms with E-state index in [-0.39, 0.29) is 22.7 Å². The second kappa shape index (κ2) is 8.29. The van der Waals surface area contributed by atoms with Crippen LogP contribution in [0.2, 0.25) is 0 Å². The third-order valence-electron chi connectivity index (χ3n) is 8.06. The van der Waals surface area contributed by atoms with Crippen molar-refractivity contribution >= 4 is 28.8 Å². The molecule has 3 aliphatic rings. The Bertz CT molecular complexity index is 1330. The molecule has 1 aliphatic heterocycles. The van der Waals surface area contributed by atoms with Crippen LogP contribution in [0.4, 0.5) is 11.4 Å². The molecule has 36 heavy (non-hydrogen) atoms. The van der Waals surface area contributed by atoms with Gasteiger partial charge in [-0.1, -0.05) is 84.5 Å². The molecule has 1 saturated carbocycles. The van der Waals surface area contributed by atoms with Crippen LogP contribution in [-0.2, 0) is 9.59 Å². The van der Waals surface area contributed by atoms with Gasteiger partial charge in [-0.15, -0.1) is 0 Å². The van der Waals surface area contributed by atoms with Gasteiger partial charge in [-0.3, -0.25) is 14.8 Å². The van der Waals surface area contributed by atoms with Gasteiger partial charge in [0.15, 0.2) is 0 Å². The number of imide groups is 1. The number of amides is 2. The number of hydrogen-bond acceptors (Lipinski definition) is 5. The van der Waals surface area contributed by atoms with Gasteiger partial charge in [0.05, 0.1) is 22.2 Å². The van der Waals surface area contributed by atoms with E-state index in [1.807, 2.05) is 48.6 Å². The normalized spacial score (nSPS) is 24.6. The Morgan fingerprint density at radius 1 is 0.778 bits per heavy atom. The standard InChI is InChI=1S/C30H25N2O4/c33-27-29-16-7-8-17-30(29,28(34)31(27)24-14-9-15-25(18-24)32(35)36)20-23(19-29)26(21-10-3-1-4-11-21)22-12-5-2-6-13-22/h1-15,18,35H,16-17,19-20H2/q-1. The largest absolute Gasteiger partial charge is 0.733 e. The van der Waals surface area contributed by atoms with Crippen LogP contribution >= 0.6 is 0 Å². The zero-order valence-electron chi connectivity index (χ0n) is 19.6. The number of carbonyl (C=O) groups is 2. The topological polar surface area (TPSA) is 83.9 Å². The molecule has 0 radical (unpaired) electrons. The molecule has 2 aliphatic carbocycles. The zero-order chi connectivity index (χ0) is 24.9. The van der Waals surface area contributed by atoms with E-state index < -0.39 is 10.8 Å². The highest BCUT2D eigenvalue weighted by atomic mass is 16.8. The predicted octanol–water partition coefficient (Wildman–Crippen LogP) is 5.87. The number of carbonyl (C=O) groups excluding carboxylic acids is 2. The van der Waals surface area contributed by atoms with Crippen molar-refractivity contribution in [3.8, 4) is 0 Å². The quantitative estimate of drug-likeness (QED) is 0.289. The number of benzene rings is 3. The molecular formula is C30H25N2O4-. The van der Waals surface area contributed by atoms with Crippen molar-refractivity contribution in [2.24, 2.45) is 10.8 Å². The summed E-state index contributed by atoms with van der Waals surface area (Å²) in [6.07, 6.45) is 5.99. The van der Waals surface area contributed by atoms with Gasteiger partial charge in [-0.25, -0.2) is 4.90 Å². The van der Waals surface area contributed by atoms with Gasteiger partial charge in [-0.05, 0) is 60.6 Å². The molecule has 1 N–H and O–H groups in total. The van der Waals surface area contributed by atoms with Crippen molar-refractivity contribution in [1.82, 2.24) is 0 Å². The predicted molar refractivity (Wildman–Crippen MR) is 138 cm³/mol. The lowest BCUT2D eigenvalue weighted by Gasteiger charge is -2.36. The highest BCUT2D eigenvalue weighted by molar-refractivity contribution is 6.26. The summed E-state index contributed by atoms with van der Waals surface area (Å²) >= 11 is 0. The molecule has 2 unspecified atom stereocenters. The van der Waals surface area contributed by atoms with Crippen molar-refractivity contribution in [3.63, 3.8) is 0 Å². The van der Waals surface area contributed by atoms with Crippen molar-refractivity contribution in [1.29, 1.82) is 0 Å². The molecule has 0 spiro atoms. The molecule has 2 amide bonds. The average Bonchev–Trinajstić information content (AvgIpc) is 3.35. The summed E-state index contributed by atoms with van der Waals surface area (Å²) in [5.41, 5.74) is 2.86. The summed E-state index contributed by atoms with van der Waals surface area (Å²) in [7, 11) is 0. The van der Waals surface area contributed by atoms with E-state index in [0.717, 1.165) is 22.3 Å². The van der Waals surface area contributed by atoms with Crippen LogP contribution in [0.1, 0.15) is 36.8 Å². The Labute approximate surface area is 209 Å². The van der Waals surface area contributed by atoms with Crippen LogP contribution in [0.5, 0.6) is 0 Å². The fourth-order valence-corrected chi connectivity index (χ4v) is 6.44. The number of allylic oxidation sites excluding steroid dienone is 3.